The number of carbonyl (C=O) groups excluding carboxylic acids is 1. The molecule has 4 heteroatoms. The number of rotatable bonds is 4. The molecule has 19 heavy (non-hydrogen) atoms. The third-order valence-corrected chi connectivity index (χ3v) is 2.98. The summed E-state index contributed by atoms with van der Waals surface area (Å²) >= 11 is 5.76. The molecule has 0 aliphatic carbocycles. The van der Waals surface area contributed by atoms with Crippen molar-refractivity contribution in [2.45, 2.75) is 6.42 Å². The van der Waals surface area contributed by atoms with E-state index in [2.05, 4.69) is 0 Å². The van der Waals surface area contributed by atoms with Gasteiger partial charge in [-0.2, -0.15) is 0 Å². The van der Waals surface area contributed by atoms with Gasteiger partial charge in [0.2, 0.25) is 0 Å². The van der Waals surface area contributed by atoms with Gasteiger partial charge in [0.1, 0.15) is 0 Å². The van der Waals surface area contributed by atoms with Crippen molar-refractivity contribution in [2.24, 2.45) is 0 Å². The van der Waals surface area contributed by atoms with Gasteiger partial charge < -0.3 is 5.11 Å². The smallest absolute Gasteiger partial charge is 0.335 e. The molecule has 0 fully saturated rings. The lowest BCUT2D eigenvalue weighted by atomic mass is 10.0. The first-order valence-corrected chi connectivity index (χ1v) is 6.05. The molecule has 0 unspecified atom stereocenters. The summed E-state index contributed by atoms with van der Waals surface area (Å²) in [5, 5.41) is 9.37. The minimum absolute atomic E-state index is 0.0280. The number of aromatic carboxylic acids is 1. The minimum Gasteiger partial charge on any atom is -0.478 e. The summed E-state index contributed by atoms with van der Waals surface area (Å²) < 4.78 is 0. The fourth-order valence-electron chi connectivity index (χ4n) is 1.69. The molecule has 1 N–H and O–H groups in total. The van der Waals surface area contributed by atoms with Crippen LogP contribution in [-0.2, 0) is 6.42 Å². The Morgan fingerprint density at radius 1 is 0.895 bits per heavy atom. The van der Waals surface area contributed by atoms with Crippen molar-refractivity contribution in [2.75, 3.05) is 0 Å². The molecular weight excluding hydrogens is 264 g/mol. The molecule has 0 spiro atoms. The highest BCUT2D eigenvalue weighted by Gasteiger charge is 2.08. The maximum absolute atomic E-state index is 12.0. The summed E-state index contributed by atoms with van der Waals surface area (Å²) in [7, 11) is 0. The summed E-state index contributed by atoms with van der Waals surface area (Å²) in [6, 6.07) is 13.0. The van der Waals surface area contributed by atoms with Crippen LogP contribution in [0.4, 0.5) is 0 Å². The predicted octanol–water partition coefficient (Wildman–Crippen LogP) is 3.46. The van der Waals surface area contributed by atoms with E-state index in [1.807, 2.05) is 0 Å². The highest BCUT2D eigenvalue weighted by molar-refractivity contribution is 6.30. The summed E-state index contributed by atoms with van der Waals surface area (Å²) in [4.78, 5) is 22.7. The molecule has 0 aromatic heterocycles. The van der Waals surface area contributed by atoms with E-state index in [4.69, 9.17) is 16.7 Å². The van der Waals surface area contributed by atoms with Crippen LogP contribution in [0, 0.1) is 0 Å². The number of carboxylic acid groups (broad SMARTS) is 1. The lowest BCUT2D eigenvalue weighted by molar-refractivity contribution is 0.0696. The Morgan fingerprint density at radius 3 is 1.95 bits per heavy atom. The molecular formula is C15H11ClO3. The maximum atomic E-state index is 12.0. The number of Topliss-reactive ketones (excluding diaryl/α,β-unsaturated/α-hetero) is 1. The Morgan fingerprint density at radius 2 is 1.42 bits per heavy atom. The maximum Gasteiger partial charge on any atom is 0.335 e. The van der Waals surface area contributed by atoms with Gasteiger partial charge in [-0.05, 0) is 42.0 Å². The van der Waals surface area contributed by atoms with E-state index in [9.17, 15) is 9.59 Å². The Bertz CT molecular complexity index is 600. The van der Waals surface area contributed by atoms with E-state index in [1.165, 1.54) is 12.1 Å². The van der Waals surface area contributed by atoms with Crippen molar-refractivity contribution in [3.63, 3.8) is 0 Å². The van der Waals surface area contributed by atoms with Gasteiger partial charge in [0.25, 0.3) is 0 Å². The van der Waals surface area contributed by atoms with Gasteiger partial charge in [-0.25, -0.2) is 4.79 Å². The van der Waals surface area contributed by atoms with Gasteiger partial charge >= 0.3 is 5.97 Å². The number of benzene rings is 2. The van der Waals surface area contributed by atoms with Crippen molar-refractivity contribution >= 4 is 23.4 Å². The minimum atomic E-state index is -0.976. The van der Waals surface area contributed by atoms with E-state index >= 15 is 0 Å². The average Bonchev–Trinajstić information content (AvgIpc) is 2.40. The zero-order valence-corrected chi connectivity index (χ0v) is 10.7. The predicted molar refractivity (Wildman–Crippen MR) is 72.9 cm³/mol. The monoisotopic (exact) mass is 274 g/mol. The number of hydrogen-bond donors (Lipinski definition) is 1. The first kappa shape index (κ1) is 13.3. The molecule has 0 saturated heterocycles. The van der Waals surface area contributed by atoms with Gasteiger partial charge in [-0.1, -0.05) is 23.7 Å². The molecule has 2 rings (SSSR count). The lowest BCUT2D eigenvalue weighted by Gasteiger charge is -2.02. The van der Waals surface area contributed by atoms with Crippen LogP contribution in [0.1, 0.15) is 26.3 Å². The highest BCUT2D eigenvalue weighted by atomic mass is 35.5. The molecule has 2 aromatic carbocycles. The van der Waals surface area contributed by atoms with Gasteiger partial charge in [0, 0.05) is 17.0 Å². The van der Waals surface area contributed by atoms with Crippen LogP contribution in [0.5, 0.6) is 0 Å². The fraction of sp³-hybridized carbons (Fsp3) is 0.0667. The second kappa shape index (κ2) is 5.67. The van der Waals surface area contributed by atoms with E-state index in [-0.39, 0.29) is 17.8 Å². The van der Waals surface area contributed by atoms with Crippen molar-refractivity contribution in [1.82, 2.24) is 0 Å². The quantitative estimate of drug-likeness (QED) is 0.869. The molecule has 96 valence electrons. The Balaban J connectivity index is 2.10. The van der Waals surface area contributed by atoms with E-state index < -0.39 is 5.97 Å². The van der Waals surface area contributed by atoms with E-state index in [0.717, 1.165) is 5.56 Å². The molecule has 0 amide bonds. The second-order valence-corrected chi connectivity index (χ2v) is 4.55. The Labute approximate surface area is 115 Å². The number of hydrogen-bond acceptors (Lipinski definition) is 2. The van der Waals surface area contributed by atoms with Crippen LogP contribution < -0.4 is 0 Å². The molecule has 3 nitrogen and oxygen atoms in total. The molecule has 0 radical (unpaired) electrons. The van der Waals surface area contributed by atoms with Crippen molar-refractivity contribution < 1.29 is 14.7 Å². The molecule has 0 aliphatic heterocycles. The zero-order valence-electron chi connectivity index (χ0n) is 9.97. The van der Waals surface area contributed by atoms with Crippen LogP contribution in [-0.4, -0.2) is 16.9 Å². The topological polar surface area (TPSA) is 54.4 Å². The van der Waals surface area contributed by atoms with Crippen LogP contribution in [0.15, 0.2) is 48.5 Å². The summed E-state index contributed by atoms with van der Waals surface area (Å²) in [5.74, 6) is -1.00. The van der Waals surface area contributed by atoms with Crippen LogP contribution in [0.25, 0.3) is 0 Å². The highest BCUT2D eigenvalue weighted by Crippen LogP contribution is 2.13. The molecule has 0 bridgehead atoms. The molecule has 0 saturated carbocycles. The molecule has 0 aliphatic rings. The summed E-state index contributed by atoms with van der Waals surface area (Å²) in [5.41, 5.74) is 1.58. The summed E-state index contributed by atoms with van der Waals surface area (Å²) in [6.07, 6.45) is 0.238. The molecule has 0 atom stereocenters. The van der Waals surface area contributed by atoms with Crippen molar-refractivity contribution in [1.29, 1.82) is 0 Å². The molecule has 2 aromatic rings. The third-order valence-electron chi connectivity index (χ3n) is 2.73. The first-order chi connectivity index (χ1) is 9.06. The van der Waals surface area contributed by atoms with E-state index in [1.54, 1.807) is 36.4 Å². The largest absolute Gasteiger partial charge is 0.478 e. The standard InChI is InChI=1S/C15H11ClO3/c16-13-7-5-11(6-8-13)14(17)9-10-1-3-12(4-2-10)15(18)19/h1-8H,9H2,(H,18,19). The van der Waals surface area contributed by atoms with Gasteiger partial charge in [0.05, 0.1) is 5.56 Å². The first-order valence-electron chi connectivity index (χ1n) is 5.67. The number of carbonyl (C=O) groups is 2. The number of ketones is 1. The normalized spacial score (nSPS) is 10.2. The Kier molecular flexibility index (Phi) is 3.97. The van der Waals surface area contributed by atoms with Gasteiger partial charge in [0.15, 0.2) is 5.78 Å². The average molecular weight is 275 g/mol. The van der Waals surface area contributed by atoms with Crippen LogP contribution in [0.3, 0.4) is 0 Å². The third kappa shape index (κ3) is 3.42. The van der Waals surface area contributed by atoms with Crippen molar-refractivity contribution in [3.05, 3.63) is 70.2 Å². The second-order valence-electron chi connectivity index (χ2n) is 4.11. The van der Waals surface area contributed by atoms with Gasteiger partial charge in [-0.15, -0.1) is 0 Å². The lowest BCUT2D eigenvalue weighted by Crippen LogP contribution is -2.04. The van der Waals surface area contributed by atoms with E-state index in [0.29, 0.717) is 10.6 Å². The fourth-order valence-corrected chi connectivity index (χ4v) is 1.81. The summed E-state index contributed by atoms with van der Waals surface area (Å²) in [6.45, 7) is 0. The number of halogens is 1. The number of carboxylic acids is 1. The van der Waals surface area contributed by atoms with Gasteiger partial charge in [-0.3, -0.25) is 4.79 Å². The molecule has 0 heterocycles. The van der Waals surface area contributed by atoms with Crippen LogP contribution in [0.2, 0.25) is 5.02 Å². The van der Waals surface area contributed by atoms with Crippen molar-refractivity contribution in [3.8, 4) is 0 Å². The van der Waals surface area contributed by atoms with Crippen LogP contribution >= 0.6 is 11.6 Å². The zero-order chi connectivity index (χ0) is 13.8. The SMILES string of the molecule is O=C(O)c1ccc(CC(=O)c2ccc(Cl)cc2)cc1. The Hall–Kier alpha value is -2.13.